The van der Waals surface area contributed by atoms with E-state index in [9.17, 15) is 0 Å². The zero-order chi connectivity index (χ0) is 13.1. The minimum absolute atomic E-state index is 0.925. The van der Waals surface area contributed by atoms with E-state index in [2.05, 4.69) is 35.6 Å². The maximum Gasteiger partial charge on any atom is 0.119 e. The van der Waals surface area contributed by atoms with Crippen LogP contribution in [0.15, 0.2) is 42.5 Å². The van der Waals surface area contributed by atoms with Crippen molar-refractivity contribution in [3.63, 3.8) is 0 Å². The van der Waals surface area contributed by atoms with Crippen LogP contribution in [0.5, 0.6) is 5.75 Å². The fourth-order valence-corrected chi connectivity index (χ4v) is 2.64. The van der Waals surface area contributed by atoms with Crippen molar-refractivity contribution in [2.75, 3.05) is 19.0 Å². The molecule has 0 amide bonds. The van der Waals surface area contributed by atoms with E-state index in [1.807, 2.05) is 12.1 Å². The van der Waals surface area contributed by atoms with Crippen LogP contribution in [0.4, 0.5) is 5.69 Å². The first kappa shape index (κ1) is 12.1. The van der Waals surface area contributed by atoms with Crippen molar-refractivity contribution in [1.29, 1.82) is 0 Å². The lowest BCUT2D eigenvalue weighted by Gasteiger charge is -2.18. The molecule has 1 aliphatic rings. The zero-order valence-electron chi connectivity index (χ0n) is 11.3. The third-order valence-electron chi connectivity index (χ3n) is 3.66. The van der Waals surface area contributed by atoms with Crippen molar-refractivity contribution in [2.45, 2.75) is 19.3 Å². The Morgan fingerprint density at radius 1 is 1.11 bits per heavy atom. The normalized spacial score (nSPS) is 13.5. The topological polar surface area (TPSA) is 21.3 Å². The second kappa shape index (κ2) is 5.35. The van der Waals surface area contributed by atoms with Gasteiger partial charge in [0.1, 0.15) is 5.75 Å². The molecule has 98 valence electrons. The summed E-state index contributed by atoms with van der Waals surface area (Å²) in [5, 5.41) is 3.49. The molecule has 1 aliphatic heterocycles. The van der Waals surface area contributed by atoms with Crippen molar-refractivity contribution < 1.29 is 4.74 Å². The van der Waals surface area contributed by atoms with Crippen LogP contribution < -0.4 is 10.1 Å². The van der Waals surface area contributed by atoms with Gasteiger partial charge in [0.15, 0.2) is 0 Å². The molecule has 1 heterocycles. The Balaban J connectivity index is 1.82. The van der Waals surface area contributed by atoms with Crippen molar-refractivity contribution in [3.8, 4) is 5.75 Å². The van der Waals surface area contributed by atoms with Gasteiger partial charge in [-0.15, -0.1) is 0 Å². The predicted octanol–water partition coefficient (Wildman–Crippen LogP) is 3.64. The molecule has 0 saturated carbocycles. The standard InChI is InChI=1S/C17H19NO/c1-19-16-6-2-4-13(11-16)10-14-7-8-15-5-3-9-18-17(15)12-14/h2,4,6-8,11-12,18H,3,5,9-10H2,1H3. The molecule has 2 heteroatoms. The Bertz CT molecular complexity index is 577. The largest absolute Gasteiger partial charge is 0.497 e. The monoisotopic (exact) mass is 253 g/mol. The van der Waals surface area contributed by atoms with Crippen LogP contribution in [0.1, 0.15) is 23.1 Å². The van der Waals surface area contributed by atoms with Gasteiger partial charge in [0.2, 0.25) is 0 Å². The zero-order valence-corrected chi connectivity index (χ0v) is 11.3. The lowest BCUT2D eigenvalue weighted by molar-refractivity contribution is 0.414. The highest BCUT2D eigenvalue weighted by atomic mass is 16.5. The van der Waals surface area contributed by atoms with E-state index in [1.165, 1.54) is 35.2 Å². The molecule has 0 spiro atoms. The van der Waals surface area contributed by atoms with E-state index in [0.29, 0.717) is 0 Å². The van der Waals surface area contributed by atoms with Crippen LogP contribution >= 0.6 is 0 Å². The predicted molar refractivity (Wildman–Crippen MR) is 79.1 cm³/mol. The number of hydrogen-bond acceptors (Lipinski definition) is 2. The summed E-state index contributed by atoms with van der Waals surface area (Å²) < 4.78 is 5.27. The third-order valence-corrected chi connectivity index (χ3v) is 3.66. The molecule has 0 aliphatic carbocycles. The number of rotatable bonds is 3. The summed E-state index contributed by atoms with van der Waals surface area (Å²) in [5.41, 5.74) is 5.39. The lowest BCUT2D eigenvalue weighted by Crippen LogP contribution is -2.11. The maximum absolute atomic E-state index is 5.27. The minimum Gasteiger partial charge on any atom is -0.497 e. The average Bonchev–Trinajstić information content (AvgIpc) is 2.47. The Morgan fingerprint density at radius 3 is 2.89 bits per heavy atom. The summed E-state index contributed by atoms with van der Waals surface area (Å²) in [6.45, 7) is 1.09. The fourth-order valence-electron chi connectivity index (χ4n) is 2.64. The molecule has 2 aromatic rings. The Hall–Kier alpha value is -1.96. The highest BCUT2D eigenvalue weighted by Gasteiger charge is 2.09. The minimum atomic E-state index is 0.925. The molecule has 0 aromatic heterocycles. The van der Waals surface area contributed by atoms with Crippen molar-refractivity contribution in [1.82, 2.24) is 0 Å². The quantitative estimate of drug-likeness (QED) is 0.901. The molecule has 3 rings (SSSR count). The van der Waals surface area contributed by atoms with Gasteiger partial charge in [-0.05, 0) is 54.2 Å². The molecule has 0 unspecified atom stereocenters. The van der Waals surface area contributed by atoms with Gasteiger partial charge >= 0.3 is 0 Å². The molecule has 2 nitrogen and oxygen atoms in total. The van der Waals surface area contributed by atoms with E-state index in [4.69, 9.17) is 4.74 Å². The maximum atomic E-state index is 5.27. The molecule has 0 fully saturated rings. The van der Waals surface area contributed by atoms with Gasteiger partial charge in [-0.3, -0.25) is 0 Å². The van der Waals surface area contributed by atoms with Crippen LogP contribution in [0.2, 0.25) is 0 Å². The van der Waals surface area contributed by atoms with Crippen molar-refractivity contribution in [3.05, 3.63) is 59.2 Å². The van der Waals surface area contributed by atoms with E-state index in [-0.39, 0.29) is 0 Å². The van der Waals surface area contributed by atoms with Crippen LogP contribution in [-0.4, -0.2) is 13.7 Å². The number of hydrogen-bond donors (Lipinski definition) is 1. The molecular formula is C17H19NO. The van der Waals surface area contributed by atoms with Gasteiger partial charge < -0.3 is 10.1 Å². The Morgan fingerprint density at radius 2 is 2.00 bits per heavy atom. The highest BCUT2D eigenvalue weighted by molar-refractivity contribution is 5.55. The third kappa shape index (κ3) is 2.73. The van der Waals surface area contributed by atoms with Crippen molar-refractivity contribution >= 4 is 5.69 Å². The number of nitrogens with one attached hydrogen (secondary N) is 1. The number of fused-ring (bicyclic) bond motifs is 1. The number of anilines is 1. The summed E-state index contributed by atoms with van der Waals surface area (Å²) in [6.07, 6.45) is 3.39. The molecule has 0 radical (unpaired) electrons. The Labute approximate surface area is 114 Å². The molecular weight excluding hydrogens is 234 g/mol. The van der Waals surface area contributed by atoms with Gasteiger partial charge in [0, 0.05) is 12.2 Å². The number of methoxy groups -OCH3 is 1. The van der Waals surface area contributed by atoms with Gasteiger partial charge in [-0.25, -0.2) is 0 Å². The Kier molecular flexibility index (Phi) is 3.41. The first-order valence-corrected chi connectivity index (χ1v) is 6.84. The van der Waals surface area contributed by atoms with Gasteiger partial charge in [0.25, 0.3) is 0 Å². The lowest BCUT2D eigenvalue weighted by atomic mass is 9.98. The first-order valence-electron chi connectivity index (χ1n) is 6.84. The molecule has 0 atom stereocenters. The molecule has 19 heavy (non-hydrogen) atoms. The summed E-state index contributed by atoms with van der Waals surface area (Å²) in [7, 11) is 1.71. The summed E-state index contributed by atoms with van der Waals surface area (Å²) in [4.78, 5) is 0. The highest BCUT2D eigenvalue weighted by Crippen LogP contribution is 2.25. The molecule has 0 saturated heterocycles. The van der Waals surface area contributed by atoms with Gasteiger partial charge in [-0.1, -0.05) is 24.3 Å². The number of benzene rings is 2. The van der Waals surface area contributed by atoms with E-state index in [1.54, 1.807) is 7.11 Å². The molecule has 2 aromatic carbocycles. The first-order chi connectivity index (χ1) is 9.35. The van der Waals surface area contributed by atoms with E-state index >= 15 is 0 Å². The van der Waals surface area contributed by atoms with Crippen LogP contribution in [0, 0.1) is 0 Å². The second-order valence-corrected chi connectivity index (χ2v) is 5.05. The van der Waals surface area contributed by atoms with Gasteiger partial charge in [0.05, 0.1) is 7.11 Å². The van der Waals surface area contributed by atoms with Gasteiger partial charge in [-0.2, -0.15) is 0 Å². The van der Waals surface area contributed by atoms with Crippen molar-refractivity contribution in [2.24, 2.45) is 0 Å². The number of aryl methyl sites for hydroxylation is 1. The summed E-state index contributed by atoms with van der Waals surface area (Å²) >= 11 is 0. The molecule has 1 N–H and O–H groups in total. The fraction of sp³-hybridized carbons (Fsp3) is 0.294. The van der Waals surface area contributed by atoms with Crippen LogP contribution in [-0.2, 0) is 12.8 Å². The van der Waals surface area contributed by atoms with Crippen LogP contribution in [0.3, 0.4) is 0 Å². The number of ether oxygens (including phenoxy) is 1. The van der Waals surface area contributed by atoms with E-state index in [0.717, 1.165) is 18.7 Å². The average molecular weight is 253 g/mol. The summed E-state index contributed by atoms with van der Waals surface area (Å²) in [5.74, 6) is 0.925. The molecule has 0 bridgehead atoms. The second-order valence-electron chi connectivity index (χ2n) is 5.05. The van der Waals surface area contributed by atoms with E-state index < -0.39 is 0 Å². The summed E-state index contributed by atoms with van der Waals surface area (Å²) in [6, 6.07) is 15.1. The van der Waals surface area contributed by atoms with Crippen LogP contribution in [0.25, 0.3) is 0 Å². The SMILES string of the molecule is COc1cccc(Cc2ccc3c(c2)NCCC3)c1. The smallest absolute Gasteiger partial charge is 0.119 e.